The zero-order valence-corrected chi connectivity index (χ0v) is 27.7. The molecule has 8 N–H and O–H groups in total. The quantitative estimate of drug-likeness (QED) is 0.184. The van der Waals surface area contributed by atoms with Gasteiger partial charge in [-0.05, 0) is 41.0 Å². The van der Waals surface area contributed by atoms with E-state index in [2.05, 4.69) is 25.9 Å². The van der Waals surface area contributed by atoms with Gasteiger partial charge in [-0.25, -0.2) is 4.98 Å². The Bertz CT molecular complexity index is 1820. The van der Waals surface area contributed by atoms with Crippen molar-refractivity contribution < 1.29 is 19.2 Å². The van der Waals surface area contributed by atoms with Crippen LogP contribution in [-0.2, 0) is 38.7 Å². The fourth-order valence-electron chi connectivity index (χ4n) is 5.41. The van der Waals surface area contributed by atoms with E-state index in [0.29, 0.717) is 31.1 Å². The lowest BCUT2D eigenvalue weighted by atomic mass is 10.0. The fourth-order valence-corrected chi connectivity index (χ4v) is 7.05. The van der Waals surface area contributed by atoms with Gasteiger partial charge in [0.05, 0.1) is 17.5 Å². The molecule has 0 saturated heterocycles. The van der Waals surface area contributed by atoms with Crippen LogP contribution in [0.5, 0.6) is 0 Å². The molecule has 47 heavy (non-hydrogen) atoms. The molecule has 0 radical (unpaired) electrons. The maximum Gasteiger partial charge on any atom is 0.246 e. The molecule has 0 spiro atoms. The Morgan fingerprint density at radius 2 is 1.83 bits per heavy atom. The summed E-state index contributed by atoms with van der Waals surface area (Å²) in [6, 6.07) is 11.2. The first kappa shape index (κ1) is 34.2. The molecule has 1 aliphatic rings. The average molecular weight is 698 g/mol. The number of pyridine rings is 1. The van der Waals surface area contributed by atoms with Gasteiger partial charge < -0.3 is 37.3 Å². The van der Waals surface area contributed by atoms with E-state index in [-0.39, 0.29) is 32.5 Å². The van der Waals surface area contributed by atoms with Crippen LogP contribution >= 0.6 is 35.0 Å². The second kappa shape index (κ2) is 15.2. The second-order valence-corrected chi connectivity index (χ2v) is 12.9. The van der Waals surface area contributed by atoms with E-state index < -0.39 is 41.8 Å². The fraction of sp³-hybridized carbons (Fsp3) is 0.281. The van der Waals surface area contributed by atoms with Crippen molar-refractivity contribution in [2.75, 3.05) is 13.6 Å². The number of carbonyl (C=O) groups excluding carboxylic acids is 4. The van der Waals surface area contributed by atoms with Crippen LogP contribution in [0, 0.1) is 0 Å². The number of nitrogens with zero attached hydrogens (tertiary/aromatic N) is 2. The van der Waals surface area contributed by atoms with Crippen molar-refractivity contribution in [3.63, 3.8) is 0 Å². The number of hydrogen-bond acceptors (Lipinski definition) is 8. The molecule has 0 bridgehead atoms. The highest BCUT2D eigenvalue weighted by Gasteiger charge is 2.34. The van der Waals surface area contributed by atoms with Crippen molar-refractivity contribution in [1.29, 1.82) is 0 Å². The van der Waals surface area contributed by atoms with E-state index in [4.69, 9.17) is 34.7 Å². The topological polar surface area (TPSA) is 188 Å². The number of aromatic nitrogens is 2. The lowest BCUT2D eigenvalue weighted by Gasteiger charge is -2.31. The third kappa shape index (κ3) is 8.06. The molecule has 4 amide bonds. The van der Waals surface area contributed by atoms with Gasteiger partial charge in [-0.3, -0.25) is 19.2 Å². The van der Waals surface area contributed by atoms with Crippen LogP contribution in [0.4, 0.5) is 0 Å². The van der Waals surface area contributed by atoms with Crippen molar-refractivity contribution in [3.8, 4) is 0 Å². The lowest BCUT2D eigenvalue weighted by Crippen LogP contribution is -2.59. The van der Waals surface area contributed by atoms with Gasteiger partial charge in [0.25, 0.3) is 0 Å². The molecule has 0 saturated carbocycles. The van der Waals surface area contributed by atoms with Gasteiger partial charge in [-0.15, -0.1) is 0 Å². The van der Waals surface area contributed by atoms with E-state index in [1.165, 1.54) is 23.7 Å². The van der Waals surface area contributed by atoms with Crippen LogP contribution in [0.3, 0.4) is 0 Å². The zero-order chi connectivity index (χ0) is 33.7. The predicted molar refractivity (Wildman–Crippen MR) is 181 cm³/mol. The largest absolute Gasteiger partial charge is 0.370 e. The van der Waals surface area contributed by atoms with E-state index in [1.807, 2.05) is 30.3 Å². The van der Waals surface area contributed by atoms with Gasteiger partial charge in [-0.2, -0.15) is 0 Å². The molecule has 246 valence electrons. The summed E-state index contributed by atoms with van der Waals surface area (Å²) < 4.78 is 0. The number of amides is 4. The van der Waals surface area contributed by atoms with Gasteiger partial charge >= 0.3 is 0 Å². The van der Waals surface area contributed by atoms with Crippen LogP contribution in [0.1, 0.15) is 23.1 Å². The standard InChI is InChI=1S/C32H34Cl2N8O4S/c1-42-26(10-18-15-38-23-7-3-2-6-21(18)23)30(45)40-16-19-9-20(33)11-22(34)28(19)47-31-17(5-4-8-37-31)14-39-24(12-27(36)43)29(44)41-25(13-35)32(42)46/h2-9,11,15,24-26,38-39H,10,12-14,16,35H2,1H3,(H2,36,43)(H,40,45)(H,41,44)/t24-,25-,26-/m0/s1. The Hall–Kier alpha value is -4.14. The summed E-state index contributed by atoms with van der Waals surface area (Å²) in [5.74, 6) is -2.40. The number of likely N-dealkylation sites (N-methyl/N-ethyl adjacent to an activating group) is 1. The number of rotatable bonds is 5. The smallest absolute Gasteiger partial charge is 0.246 e. The van der Waals surface area contributed by atoms with Crippen molar-refractivity contribution in [2.45, 2.75) is 54.0 Å². The van der Waals surface area contributed by atoms with Gasteiger partial charge in [0.15, 0.2) is 0 Å². The summed E-state index contributed by atoms with van der Waals surface area (Å²) in [6.07, 6.45) is 3.24. The van der Waals surface area contributed by atoms with Gasteiger partial charge in [0, 0.05) is 66.3 Å². The highest BCUT2D eigenvalue weighted by atomic mass is 35.5. The Morgan fingerprint density at radius 3 is 2.60 bits per heavy atom. The van der Waals surface area contributed by atoms with Crippen LogP contribution < -0.4 is 27.4 Å². The molecule has 2 aromatic carbocycles. The number of aromatic amines is 1. The number of nitrogens with one attached hydrogen (secondary N) is 4. The van der Waals surface area contributed by atoms with E-state index in [0.717, 1.165) is 16.5 Å². The first-order chi connectivity index (χ1) is 22.5. The van der Waals surface area contributed by atoms with E-state index >= 15 is 0 Å². The summed E-state index contributed by atoms with van der Waals surface area (Å²) in [5.41, 5.74) is 14.5. The minimum Gasteiger partial charge on any atom is -0.370 e. The van der Waals surface area contributed by atoms with Gasteiger partial charge in [0.2, 0.25) is 23.6 Å². The number of nitrogens with two attached hydrogens (primary N) is 2. The Balaban J connectivity index is 1.57. The Kier molecular flexibility index (Phi) is 11.0. The maximum atomic E-state index is 14.0. The van der Waals surface area contributed by atoms with Crippen LogP contribution in [0.25, 0.3) is 10.9 Å². The number of carbonyl (C=O) groups is 4. The van der Waals surface area contributed by atoms with E-state index in [9.17, 15) is 19.2 Å². The van der Waals surface area contributed by atoms with E-state index in [1.54, 1.807) is 30.6 Å². The summed E-state index contributed by atoms with van der Waals surface area (Å²) in [6.45, 7) is -0.0773. The molecular weight excluding hydrogens is 663 g/mol. The van der Waals surface area contributed by atoms with Gasteiger partial charge in [0.1, 0.15) is 17.1 Å². The van der Waals surface area contributed by atoms with Crippen molar-refractivity contribution in [1.82, 2.24) is 30.8 Å². The number of para-hydroxylation sites is 1. The van der Waals surface area contributed by atoms with Crippen molar-refractivity contribution in [3.05, 3.63) is 87.7 Å². The molecule has 3 atom stereocenters. The predicted octanol–water partition coefficient (Wildman–Crippen LogP) is 2.50. The lowest BCUT2D eigenvalue weighted by molar-refractivity contribution is -0.142. The molecule has 1 aliphatic heterocycles. The highest BCUT2D eigenvalue weighted by molar-refractivity contribution is 7.99. The van der Waals surface area contributed by atoms with Crippen LogP contribution in [-0.4, -0.2) is 70.2 Å². The Labute approximate surface area is 285 Å². The van der Waals surface area contributed by atoms with Crippen molar-refractivity contribution >= 4 is 69.5 Å². The molecule has 0 unspecified atom stereocenters. The molecule has 12 nitrogen and oxygen atoms in total. The van der Waals surface area contributed by atoms with Gasteiger partial charge in [-0.1, -0.05) is 59.2 Å². The van der Waals surface area contributed by atoms with Crippen LogP contribution in [0.2, 0.25) is 10.0 Å². The van der Waals surface area contributed by atoms with Crippen molar-refractivity contribution in [2.24, 2.45) is 11.5 Å². The minimum atomic E-state index is -1.19. The highest BCUT2D eigenvalue weighted by Crippen LogP contribution is 2.38. The number of benzene rings is 2. The average Bonchev–Trinajstić information content (AvgIpc) is 3.46. The molecule has 2 aromatic heterocycles. The Morgan fingerprint density at radius 1 is 1.04 bits per heavy atom. The maximum absolute atomic E-state index is 14.0. The second-order valence-electron chi connectivity index (χ2n) is 11.1. The third-order valence-corrected chi connectivity index (χ3v) is 9.78. The summed E-state index contributed by atoms with van der Waals surface area (Å²) >= 11 is 14.4. The van der Waals surface area contributed by atoms with Crippen LogP contribution in [0.15, 0.2) is 70.8 Å². The molecular formula is C32H34Cl2N8O4S. The first-order valence-electron chi connectivity index (χ1n) is 14.8. The number of fused-ring (bicyclic) bond motifs is 3. The molecule has 3 heterocycles. The minimum absolute atomic E-state index is 0.0476. The number of hydrogen-bond donors (Lipinski definition) is 6. The summed E-state index contributed by atoms with van der Waals surface area (Å²) in [4.78, 5) is 63.0. The monoisotopic (exact) mass is 696 g/mol. The number of H-pyrrole nitrogens is 1. The normalized spacial score (nSPS) is 19.8. The molecule has 4 aromatic rings. The molecule has 15 heteroatoms. The molecule has 0 aliphatic carbocycles. The number of primary amides is 1. The summed E-state index contributed by atoms with van der Waals surface area (Å²) in [5, 5.41) is 10.9. The third-order valence-electron chi connectivity index (χ3n) is 7.90. The SMILES string of the molecule is CN1C(=O)[C@H](CN)NC(=O)[C@H](CC(N)=O)NCc2cccnc2Sc2c(Cl)cc(Cl)cc2CNC(=O)[C@@H]1Cc1c[nH]c2ccccc12. The summed E-state index contributed by atoms with van der Waals surface area (Å²) in [7, 11) is 1.49. The zero-order valence-electron chi connectivity index (χ0n) is 25.4. The first-order valence-corrected chi connectivity index (χ1v) is 16.3. The molecule has 0 fully saturated rings. The molecule has 5 rings (SSSR count). The number of halogens is 2.